The second-order valence-corrected chi connectivity index (χ2v) is 9.90. The maximum absolute atomic E-state index is 12.5. The van der Waals surface area contributed by atoms with Gasteiger partial charge in [0.2, 0.25) is 10.0 Å². The van der Waals surface area contributed by atoms with E-state index in [1.807, 2.05) is 36.4 Å². The Bertz CT molecular complexity index is 1090. The Morgan fingerprint density at radius 1 is 1.06 bits per heavy atom. The van der Waals surface area contributed by atoms with Gasteiger partial charge in [0.15, 0.2) is 0 Å². The Kier molecular flexibility index (Phi) is 7.88. The van der Waals surface area contributed by atoms with Crippen LogP contribution in [0.2, 0.25) is 0 Å². The number of carbonyl (C=O) groups excluding carboxylic acids is 1. The smallest absolute Gasteiger partial charge is 0.250 e. The zero-order valence-electron chi connectivity index (χ0n) is 16.6. The Morgan fingerprint density at radius 3 is 2.52 bits per heavy atom. The molecular formula is C21H24N4O4S2. The van der Waals surface area contributed by atoms with E-state index >= 15 is 0 Å². The van der Waals surface area contributed by atoms with Crippen LogP contribution in [-0.4, -0.2) is 49.7 Å². The van der Waals surface area contributed by atoms with Gasteiger partial charge in [-0.25, -0.2) is 13.1 Å². The normalized spacial score (nSPS) is 13.5. The van der Waals surface area contributed by atoms with Gasteiger partial charge in [0.05, 0.1) is 10.6 Å². The van der Waals surface area contributed by atoms with Gasteiger partial charge in [-0.2, -0.15) is 0 Å². The number of aromatic nitrogens is 1. The van der Waals surface area contributed by atoms with Crippen LogP contribution in [0.4, 0.5) is 0 Å². The number of nitrogens with zero attached hydrogens (tertiary/aromatic N) is 1. The SMILES string of the molecule is N[C@@H](Cc1ccccc1)C(O)C(=O)NCCNS(=O)(=O)c1ccc(-c2ccccn2)s1. The molecule has 0 aliphatic rings. The molecule has 0 radical (unpaired) electrons. The molecule has 2 aromatic heterocycles. The van der Waals surface area contributed by atoms with Crippen molar-refractivity contribution in [2.75, 3.05) is 13.1 Å². The molecule has 0 aliphatic heterocycles. The molecule has 1 amide bonds. The lowest BCUT2D eigenvalue weighted by atomic mass is 10.0. The van der Waals surface area contributed by atoms with Crippen LogP contribution in [0, 0.1) is 0 Å². The third kappa shape index (κ3) is 6.42. The Morgan fingerprint density at radius 2 is 1.81 bits per heavy atom. The fourth-order valence-corrected chi connectivity index (χ4v) is 5.21. The molecule has 10 heteroatoms. The van der Waals surface area contributed by atoms with E-state index in [4.69, 9.17) is 5.73 Å². The van der Waals surface area contributed by atoms with Crippen LogP contribution in [0.1, 0.15) is 5.56 Å². The second-order valence-electron chi connectivity index (χ2n) is 6.82. The first kappa shape index (κ1) is 23.0. The predicted octanol–water partition coefficient (Wildman–Crippen LogP) is 1.14. The van der Waals surface area contributed by atoms with Crippen molar-refractivity contribution in [2.45, 2.75) is 22.8 Å². The van der Waals surface area contributed by atoms with E-state index in [-0.39, 0.29) is 17.3 Å². The summed E-state index contributed by atoms with van der Waals surface area (Å²) in [4.78, 5) is 17.1. The number of pyridine rings is 1. The molecule has 31 heavy (non-hydrogen) atoms. The first-order chi connectivity index (χ1) is 14.9. The molecule has 2 heterocycles. The molecule has 0 saturated heterocycles. The first-order valence-electron chi connectivity index (χ1n) is 9.63. The number of nitrogens with two attached hydrogens (primary N) is 1. The fraction of sp³-hybridized carbons (Fsp3) is 0.238. The standard InChI is InChI=1S/C21H24N4O4S2/c22-16(14-15-6-2-1-3-7-15)20(26)21(27)24-12-13-25-31(28,29)19-10-9-18(30-19)17-8-4-5-11-23-17/h1-11,16,20,25-26H,12-14,22H2,(H,24,27)/t16-,20?/m0/s1. The van der Waals surface area contributed by atoms with Gasteiger partial charge in [-0.3, -0.25) is 9.78 Å². The van der Waals surface area contributed by atoms with E-state index in [2.05, 4.69) is 15.0 Å². The molecule has 1 aromatic carbocycles. The summed E-state index contributed by atoms with van der Waals surface area (Å²) in [5, 5.41) is 12.6. The number of aliphatic hydroxyl groups is 1. The van der Waals surface area contributed by atoms with Gasteiger partial charge in [0.1, 0.15) is 10.3 Å². The monoisotopic (exact) mass is 460 g/mol. The van der Waals surface area contributed by atoms with Crippen molar-refractivity contribution < 1.29 is 18.3 Å². The predicted molar refractivity (Wildman–Crippen MR) is 120 cm³/mol. The Hall–Kier alpha value is -2.63. The van der Waals surface area contributed by atoms with Crippen molar-refractivity contribution >= 4 is 27.3 Å². The van der Waals surface area contributed by atoms with Gasteiger partial charge >= 0.3 is 0 Å². The van der Waals surface area contributed by atoms with Crippen LogP contribution in [0.25, 0.3) is 10.6 Å². The third-order valence-corrected chi connectivity index (χ3v) is 7.53. The maximum Gasteiger partial charge on any atom is 0.250 e. The van der Waals surface area contributed by atoms with Gasteiger partial charge < -0.3 is 16.2 Å². The van der Waals surface area contributed by atoms with E-state index in [1.54, 1.807) is 24.4 Å². The van der Waals surface area contributed by atoms with E-state index in [1.165, 1.54) is 6.07 Å². The topological polar surface area (TPSA) is 134 Å². The highest BCUT2D eigenvalue weighted by molar-refractivity contribution is 7.91. The quantitative estimate of drug-likeness (QED) is 0.335. The summed E-state index contributed by atoms with van der Waals surface area (Å²) < 4.78 is 27.5. The first-order valence-corrected chi connectivity index (χ1v) is 11.9. The summed E-state index contributed by atoms with van der Waals surface area (Å²) in [6, 6.07) is 17.2. The Labute approximate surface area is 185 Å². The summed E-state index contributed by atoms with van der Waals surface area (Å²) >= 11 is 1.11. The van der Waals surface area contributed by atoms with Crippen molar-refractivity contribution in [1.29, 1.82) is 0 Å². The number of hydrogen-bond donors (Lipinski definition) is 4. The van der Waals surface area contributed by atoms with Gasteiger partial charge in [0, 0.05) is 25.3 Å². The van der Waals surface area contributed by atoms with Gasteiger partial charge in [-0.1, -0.05) is 36.4 Å². The minimum absolute atomic E-state index is 0.0195. The third-order valence-electron chi connectivity index (χ3n) is 4.47. The number of thiophene rings is 1. The molecule has 0 bridgehead atoms. The van der Waals surface area contributed by atoms with Gasteiger partial charge in [-0.05, 0) is 36.2 Å². The van der Waals surface area contributed by atoms with Crippen molar-refractivity contribution in [1.82, 2.24) is 15.0 Å². The van der Waals surface area contributed by atoms with E-state index in [0.29, 0.717) is 12.1 Å². The second kappa shape index (κ2) is 10.6. The zero-order valence-corrected chi connectivity index (χ0v) is 18.3. The summed E-state index contributed by atoms with van der Waals surface area (Å²) in [5.41, 5.74) is 7.53. The number of aliphatic hydroxyl groups excluding tert-OH is 1. The number of nitrogens with one attached hydrogen (secondary N) is 2. The van der Waals surface area contributed by atoms with Crippen molar-refractivity contribution in [3.63, 3.8) is 0 Å². The van der Waals surface area contributed by atoms with Crippen LogP contribution in [-0.2, 0) is 21.2 Å². The van der Waals surface area contributed by atoms with E-state index < -0.39 is 28.1 Å². The number of hydrogen-bond acceptors (Lipinski definition) is 7. The van der Waals surface area contributed by atoms with Crippen LogP contribution >= 0.6 is 11.3 Å². The molecule has 0 fully saturated rings. The molecule has 0 saturated carbocycles. The highest BCUT2D eigenvalue weighted by Gasteiger charge is 2.23. The summed E-state index contributed by atoms with van der Waals surface area (Å²) in [6.07, 6.45) is 0.596. The highest BCUT2D eigenvalue weighted by Crippen LogP contribution is 2.29. The van der Waals surface area contributed by atoms with Crippen LogP contribution in [0.15, 0.2) is 71.1 Å². The number of sulfonamides is 1. The lowest BCUT2D eigenvalue weighted by Gasteiger charge is -2.18. The average molecular weight is 461 g/mol. The van der Waals surface area contributed by atoms with E-state index in [0.717, 1.165) is 21.8 Å². The van der Waals surface area contributed by atoms with Crippen molar-refractivity contribution in [3.05, 3.63) is 72.4 Å². The lowest BCUT2D eigenvalue weighted by molar-refractivity contribution is -0.130. The lowest BCUT2D eigenvalue weighted by Crippen LogP contribution is -2.48. The highest BCUT2D eigenvalue weighted by atomic mass is 32.2. The van der Waals surface area contributed by atoms with Crippen molar-refractivity contribution in [3.8, 4) is 10.6 Å². The number of amides is 1. The Balaban J connectivity index is 1.46. The summed E-state index contributed by atoms with van der Waals surface area (Å²) in [7, 11) is -3.72. The fourth-order valence-electron chi connectivity index (χ4n) is 2.85. The van der Waals surface area contributed by atoms with Gasteiger partial charge in [0.25, 0.3) is 5.91 Å². The van der Waals surface area contributed by atoms with Gasteiger partial charge in [-0.15, -0.1) is 11.3 Å². The molecule has 5 N–H and O–H groups in total. The molecule has 8 nitrogen and oxygen atoms in total. The average Bonchev–Trinajstić information content (AvgIpc) is 3.29. The molecule has 164 valence electrons. The zero-order chi connectivity index (χ0) is 22.3. The molecule has 3 aromatic rings. The molecule has 3 rings (SSSR count). The molecule has 1 unspecified atom stereocenters. The van der Waals surface area contributed by atoms with Crippen molar-refractivity contribution in [2.24, 2.45) is 5.73 Å². The largest absolute Gasteiger partial charge is 0.382 e. The number of benzene rings is 1. The molecule has 0 aliphatic carbocycles. The van der Waals surface area contributed by atoms with Crippen LogP contribution in [0.3, 0.4) is 0 Å². The summed E-state index contributed by atoms with van der Waals surface area (Å²) in [6.45, 7) is -0.00279. The van der Waals surface area contributed by atoms with E-state index in [9.17, 15) is 18.3 Å². The minimum atomic E-state index is -3.72. The minimum Gasteiger partial charge on any atom is -0.382 e. The number of rotatable bonds is 10. The number of carbonyl (C=O) groups is 1. The van der Waals surface area contributed by atoms with Crippen LogP contribution in [0.5, 0.6) is 0 Å². The maximum atomic E-state index is 12.5. The summed E-state index contributed by atoms with van der Waals surface area (Å²) in [5.74, 6) is -0.642. The molecule has 0 spiro atoms. The molecular weight excluding hydrogens is 436 g/mol. The van der Waals surface area contributed by atoms with Crippen LogP contribution < -0.4 is 15.8 Å². The molecule has 2 atom stereocenters.